The molecule has 0 saturated carbocycles. The first-order valence-electron chi connectivity index (χ1n) is 8.01. The zero-order chi connectivity index (χ0) is 15.1. The minimum Gasteiger partial charge on any atom is -0.496 e. The van der Waals surface area contributed by atoms with E-state index >= 15 is 0 Å². The molecular formula is C17H27ClN2O. The Morgan fingerprint density at radius 2 is 2.29 bits per heavy atom. The van der Waals surface area contributed by atoms with Crippen molar-refractivity contribution < 1.29 is 4.74 Å². The van der Waals surface area contributed by atoms with Gasteiger partial charge >= 0.3 is 0 Å². The number of halogens is 1. The van der Waals surface area contributed by atoms with Crippen LogP contribution in [0.5, 0.6) is 5.75 Å². The molecule has 2 rings (SSSR count). The van der Waals surface area contributed by atoms with Crippen LogP contribution >= 0.6 is 11.6 Å². The van der Waals surface area contributed by atoms with Crippen LogP contribution in [0, 0.1) is 0 Å². The molecule has 1 fully saturated rings. The molecule has 1 aliphatic rings. The van der Waals surface area contributed by atoms with Gasteiger partial charge in [0.05, 0.1) is 7.11 Å². The standard InChI is InChI=1S/C17H27ClN2O/c1-3-4-10-20(13-16-6-5-9-19-16)12-14-11-15(18)7-8-17(14)21-2/h7-8,11,16,19H,3-6,9-10,12-13H2,1-2H3. The van der Waals surface area contributed by atoms with Gasteiger partial charge < -0.3 is 10.1 Å². The van der Waals surface area contributed by atoms with Gasteiger partial charge in [-0.3, -0.25) is 4.90 Å². The number of hydrogen-bond acceptors (Lipinski definition) is 3. The van der Waals surface area contributed by atoms with E-state index in [4.69, 9.17) is 16.3 Å². The topological polar surface area (TPSA) is 24.5 Å². The van der Waals surface area contributed by atoms with E-state index in [0.717, 1.165) is 37.0 Å². The minimum atomic E-state index is 0.632. The maximum atomic E-state index is 6.15. The van der Waals surface area contributed by atoms with Crippen molar-refractivity contribution in [1.82, 2.24) is 10.2 Å². The maximum absolute atomic E-state index is 6.15. The molecule has 1 aromatic rings. The molecule has 3 nitrogen and oxygen atoms in total. The maximum Gasteiger partial charge on any atom is 0.123 e. The number of nitrogens with zero attached hydrogens (tertiary/aromatic N) is 1. The molecule has 21 heavy (non-hydrogen) atoms. The summed E-state index contributed by atoms with van der Waals surface area (Å²) in [5, 5.41) is 4.37. The van der Waals surface area contributed by atoms with Gasteiger partial charge in [0, 0.05) is 29.7 Å². The third kappa shape index (κ3) is 5.17. The Morgan fingerprint density at radius 3 is 2.95 bits per heavy atom. The van der Waals surface area contributed by atoms with E-state index in [-0.39, 0.29) is 0 Å². The van der Waals surface area contributed by atoms with E-state index in [1.165, 1.54) is 31.2 Å². The predicted molar refractivity (Wildman–Crippen MR) is 89.2 cm³/mol. The normalized spacial score (nSPS) is 18.4. The van der Waals surface area contributed by atoms with Crippen LogP contribution in [0.2, 0.25) is 5.02 Å². The van der Waals surface area contributed by atoms with Crippen molar-refractivity contribution >= 4 is 11.6 Å². The molecule has 4 heteroatoms. The molecule has 118 valence electrons. The molecule has 1 unspecified atom stereocenters. The Morgan fingerprint density at radius 1 is 1.43 bits per heavy atom. The molecule has 1 aromatic carbocycles. The quantitative estimate of drug-likeness (QED) is 0.792. The minimum absolute atomic E-state index is 0.632. The summed E-state index contributed by atoms with van der Waals surface area (Å²) >= 11 is 6.15. The third-order valence-electron chi connectivity index (χ3n) is 4.11. The number of benzene rings is 1. The molecular weight excluding hydrogens is 284 g/mol. The van der Waals surface area contributed by atoms with Crippen molar-refractivity contribution in [3.05, 3.63) is 28.8 Å². The SMILES string of the molecule is CCCCN(Cc1cc(Cl)ccc1OC)CC1CCCN1. The molecule has 0 aromatic heterocycles. The summed E-state index contributed by atoms with van der Waals surface area (Å²) in [6, 6.07) is 6.51. The van der Waals surface area contributed by atoms with Gasteiger partial charge in [0.1, 0.15) is 5.75 Å². The van der Waals surface area contributed by atoms with E-state index in [9.17, 15) is 0 Å². The van der Waals surface area contributed by atoms with E-state index < -0.39 is 0 Å². The van der Waals surface area contributed by atoms with Gasteiger partial charge in [-0.1, -0.05) is 24.9 Å². The second-order valence-electron chi connectivity index (χ2n) is 5.84. The predicted octanol–water partition coefficient (Wildman–Crippen LogP) is 3.70. The van der Waals surface area contributed by atoms with Crippen LogP contribution in [0.4, 0.5) is 0 Å². The van der Waals surface area contributed by atoms with Crippen LogP contribution in [0.1, 0.15) is 38.2 Å². The Balaban J connectivity index is 2.03. The van der Waals surface area contributed by atoms with Crippen LogP contribution in [0.3, 0.4) is 0 Å². The fourth-order valence-corrected chi connectivity index (χ4v) is 3.15. The molecule has 0 spiro atoms. The highest BCUT2D eigenvalue weighted by Crippen LogP contribution is 2.24. The van der Waals surface area contributed by atoms with Gasteiger partial charge in [-0.15, -0.1) is 0 Å². The highest BCUT2D eigenvalue weighted by molar-refractivity contribution is 6.30. The fourth-order valence-electron chi connectivity index (χ4n) is 2.95. The Hall–Kier alpha value is -0.770. The molecule has 1 saturated heterocycles. The summed E-state index contributed by atoms with van der Waals surface area (Å²) in [4.78, 5) is 2.53. The number of ether oxygens (including phenoxy) is 1. The Kier molecular flexibility index (Phi) is 6.81. The highest BCUT2D eigenvalue weighted by Gasteiger charge is 2.18. The largest absolute Gasteiger partial charge is 0.496 e. The van der Waals surface area contributed by atoms with Crippen LogP contribution in [0.15, 0.2) is 18.2 Å². The van der Waals surface area contributed by atoms with Crippen molar-refractivity contribution in [2.45, 2.75) is 45.2 Å². The lowest BCUT2D eigenvalue weighted by Gasteiger charge is -2.26. The zero-order valence-electron chi connectivity index (χ0n) is 13.2. The summed E-state index contributed by atoms with van der Waals surface area (Å²) in [5.41, 5.74) is 1.18. The summed E-state index contributed by atoms with van der Waals surface area (Å²) in [6.07, 6.45) is 5.04. The lowest BCUT2D eigenvalue weighted by Crippen LogP contribution is -2.37. The average Bonchev–Trinajstić information content (AvgIpc) is 2.98. The van der Waals surface area contributed by atoms with E-state index in [1.807, 2.05) is 18.2 Å². The lowest BCUT2D eigenvalue weighted by atomic mass is 10.1. The van der Waals surface area contributed by atoms with Crippen molar-refractivity contribution in [3.63, 3.8) is 0 Å². The molecule has 1 atom stereocenters. The molecule has 1 N–H and O–H groups in total. The number of rotatable bonds is 8. The molecule has 0 bridgehead atoms. The molecule has 1 aliphatic heterocycles. The van der Waals surface area contributed by atoms with Crippen molar-refractivity contribution in [2.75, 3.05) is 26.7 Å². The monoisotopic (exact) mass is 310 g/mol. The summed E-state index contributed by atoms with van der Waals surface area (Å²) in [6.45, 7) is 6.54. The zero-order valence-corrected chi connectivity index (χ0v) is 14.0. The third-order valence-corrected chi connectivity index (χ3v) is 4.34. The Labute approximate surface area is 133 Å². The van der Waals surface area contributed by atoms with Crippen LogP contribution in [-0.2, 0) is 6.54 Å². The fraction of sp³-hybridized carbons (Fsp3) is 0.647. The Bertz CT molecular complexity index is 433. The van der Waals surface area contributed by atoms with E-state index in [1.54, 1.807) is 7.11 Å². The number of methoxy groups -OCH3 is 1. The van der Waals surface area contributed by atoms with E-state index in [2.05, 4.69) is 17.1 Å². The van der Waals surface area contributed by atoms with E-state index in [0.29, 0.717) is 6.04 Å². The first-order valence-corrected chi connectivity index (χ1v) is 8.39. The first-order chi connectivity index (χ1) is 10.2. The number of unbranched alkanes of at least 4 members (excludes halogenated alkanes) is 1. The van der Waals surface area contributed by atoms with Crippen LogP contribution in [0.25, 0.3) is 0 Å². The molecule has 1 heterocycles. The highest BCUT2D eigenvalue weighted by atomic mass is 35.5. The lowest BCUT2D eigenvalue weighted by molar-refractivity contribution is 0.234. The van der Waals surface area contributed by atoms with Crippen LogP contribution in [-0.4, -0.2) is 37.7 Å². The second-order valence-corrected chi connectivity index (χ2v) is 6.27. The molecule has 0 radical (unpaired) electrons. The van der Waals surface area contributed by atoms with Gasteiger partial charge in [0.15, 0.2) is 0 Å². The second kappa shape index (κ2) is 8.62. The van der Waals surface area contributed by atoms with Crippen molar-refractivity contribution in [1.29, 1.82) is 0 Å². The molecule has 0 amide bonds. The van der Waals surface area contributed by atoms with Gasteiger partial charge in [0.25, 0.3) is 0 Å². The average molecular weight is 311 g/mol. The van der Waals surface area contributed by atoms with Crippen molar-refractivity contribution in [3.8, 4) is 5.75 Å². The van der Waals surface area contributed by atoms with Gasteiger partial charge in [-0.2, -0.15) is 0 Å². The van der Waals surface area contributed by atoms with Gasteiger partial charge in [0.2, 0.25) is 0 Å². The summed E-state index contributed by atoms with van der Waals surface area (Å²) in [7, 11) is 1.72. The van der Waals surface area contributed by atoms with Gasteiger partial charge in [-0.05, 0) is 50.6 Å². The van der Waals surface area contributed by atoms with Crippen molar-refractivity contribution in [2.24, 2.45) is 0 Å². The smallest absolute Gasteiger partial charge is 0.123 e. The van der Waals surface area contributed by atoms with Gasteiger partial charge in [-0.25, -0.2) is 0 Å². The van der Waals surface area contributed by atoms with Crippen LogP contribution < -0.4 is 10.1 Å². The molecule has 0 aliphatic carbocycles. The number of hydrogen-bond donors (Lipinski definition) is 1. The summed E-state index contributed by atoms with van der Waals surface area (Å²) < 4.78 is 5.47. The number of nitrogens with one attached hydrogen (secondary N) is 1. The first kappa shape index (κ1) is 16.6. The summed E-state index contributed by atoms with van der Waals surface area (Å²) in [5.74, 6) is 0.931.